The lowest BCUT2D eigenvalue weighted by Crippen LogP contribution is -2.48. The summed E-state index contributed by atoms with van der Waals surface area (Å²) in [6.45, 7) is 0.660. The summed E-state index contributed by atoms with van der Waals surface area (Å²) in [5.41, 5.74) is 0.516. The molecule has 1 aromatic carbocycles. The molecule has 7 heteroatoms. The van der Waals surface area contributed by atoms with E-state index in [1.165, 1.54) is 4.90 Å². The van der Waals surface area contributed by atoms with Gasteiger partial charge in [0.25, 0.3) is 5.91 Å². The number of amides is 2. The van der Waals surface area contributed by atoms with Gasteiger partial charge in [0.15, 0.2) is 0 Å². The number of carbonyl (C=O) groups is 3. The molecule has 124 valence electrons. The van der Waals surface area contributed by atoms with Gasteiger partial charge in [0.1, 0.15) is 6.04 Å². The third-order valence-corrected chi connectivity index (χ3v) is 4.37. The molecule has 23 heavy (non-hydrogen) atoms. The van der Waals surface area contributed by atoms with E-state index in [-0.39, 0.29) is 24.8 Å². The second-order valence-electron chi connectivity index (χ2n) is 5.45. The minimum atomic E-state index is -0.961. The van der Waals surface area contributed by atoms with Crippen LogP contribution in [0.15, 0.2) is 28.7 Å². The number of rotatable bonds is 5. The Hall–Kier alpha value is -1.89. The molecule has 2 N–H and O–H groups in total. The largest absolute Gasteiger partial charge is 0.480 e. The summed E-state index contributed by atoms with van der Waals surface area (Å²) in [4.78, 5) is 36.7. The molecule has 0 aliphatic carbocycles. The van der Waals surface area contributed by atoms with Gasteiger partial charge >= 0.3 is 5.97 Å². The number of halogens is 1. The molecule has 1 aliphatic rings. The van der Waals surface area contributed by atoms with Crippen LogP contribution in [0, 0.1) is 0 Å². The van der Waals surface area contributed by atoms with Gasteiger partial charge in [0, 0.05) is 29.5 Å². The van der Waals surface area contributed by atoms with Crippen molar-refractivity contribution < 1.29 is 19.5 Å². The van der Waals surface area contributed by atoms with Gasteiger partial charge in [-0.05, 0) is 43.5 Å². The molecule has 2 rings (SSSR count). The number of piperidine rings is 1. The number of hydrogen-bond donors (Lipinski definition) is 2. The number of carbonyl (C=O) groups excluding carboxylic acids is 2. The molecule has 0 spiro atoms. The number of nitrogens with zero attached hydrogens (tertiary/aromatic N) is 1. The topological polar surface area (TPSA) is 86.7 Å². The van der Waals surface area contributed by atoms with Crippen molar-refractivity contribution >= 4 is 33.7 Å². The third-order valence-electron chi connectivity index (χ3n) is 3.84. The van der Waals surface area contributed by atoms with E-state index in [4.69, 9.17) is 0 Å². The van der Waals surface area contributed by atoms with Crippen molar-refractivity contribution in [3.05, 3.63) is 34.3 Å². The van der Waals surface area contributed by atoms with E-state index in [9.17, 15) is 19.5 Å². The highest BCUT2D eigenvalue weighted by molar-refractivity contribution is 9.10. The minimum Gasteiger partial charge on any atom is -0.480 e. The molecule has 1 aliphatic heterocycles. The van der Waals surface area contributed by atoms with Gasteiger partial charge in [0.05, 0.1) is 0 Å². The van der Waals surface area contributed by atoms with E-state index < -0.39 is 12.0 Å². The number of aliphatic carboxylic acids is 1. The average molecular weight is 383 g/mol. The van der Waals surface area contributed by atoms with Crippen LogP contribution in [-0.2, 0) is 9.59 Å². The summed E-state index contributed by atoms with van der Waals surface area (Å²) in [6, 6.07) is 6.17. The Labute approximate surface area is 143 Å². The third kappa shape index (κ3) is 4.79. The van der Waals surface area contributed by atoms with E-state index >= 15 is 0 Å². The van der Waals surface area contributed by atoms with Crippen molar-refractivity contribution in [2.24, 2.45) is 0 Å². The summed E-state index contributed by atoms with van der Waals surface area (Å²) in [7, 11) is 0. The summed E-state index contributed by atoms with van der Waals surface area (Å²) >= 11 is 3.30. The van der Waals surface area contributed by atoms with Gasteiger partial charge in [-0.25, -0.2) is 4.79 Å². The summed E-state index contributed by atoms with van der Waals surface area (Å²) in [5.74, 6) is -1.44. The van der Waals surface area contributed by atoms with Crippen LogP contribution in [0.2, 0.25) is 0 Å². The average Bonchev–Trinajstić information content (AvgIpc) is 2.55. The lowest BCUT2D eigenvalue weighted by molar-refractivity contribution is -0.152. The quantitative estimate of drug-likeness (QED) is 0.815. The van der Waals surface area contributed by atoms with Crippen LogP contribution < -0.4 is 5.32 Å². The van der Waals surface area contributed by atoms with Crippen molar-refractivity contribution in [3.63, 3.8) is 0 Å². The minimum absolute atomic E-state index is 0.103. The Balaban J connectivity index is 1.83. The highest BCUT2D eigenvalue weighted by Crippen LogP contribution is 2.18. The summed E-state index contributed by atoms with van der Waals surface area (Å²) in [5, 5.41) is 11.9. The first-order valence-corrected chi connectivity index (χ1v) is 8.34. The first kappa shape index (κ1) is 17.5. The molecular weight excluding hydrogens is 364 g/mol. The molecule has 2 amide bonds. The Morgan fingerprint density at radius 1 is 1.22 bits per heavy atom. The Bertz CT molecular complexity index is 588. The molecular formula is C16H19BrN2O4. The number of carboxylic acids is 1. The highest BCUT2D eigenvalue weighted by atomic mass is 79.9. The first-order valence-electron chi connectivity index (χ1n) is 7.55. The zero-order valence-electron chi connectivity index (χ0n) is 12.6. The fourth-order valence-corrected chi connectivity index (χ4v) is 2.88. The van der Waals surface area contributed by atoms with Crippen molar-refractivity contribution in [1.29, 1.82) is 0 Å². The van der Waals surface area contributed by atoms with Gasteiger partial charge in [-0.1, -0.05) is 15.9 Å². The van der Waals surface area contributed by atoms with Crippen LogP contribution in [0.3, 0.4) is 0 Å². The molecule has 1 aromatic rings. The number of hydrogen-bond acceptors (Lipinski definition) is 3. The molecule has 0 aromatic heterocycles. The van der Waals surface area contributed by atoms with Crippen LogP contribution >= 0.6 is 15.9 Å². The van der Waals surface area contributed by atoms with Gasteiger partial charge in [-0.15, -0.1) is 0 Å². The molecule has 1 saturated heterocycles. The smallest absolute Gasteiger partial charge is 0.326 e. The van der Waals surface area contributed by atoms with Crippen LogP contribution in [0.25, 0.3) is 0 Å². The van der Waals surface area contributed by atoms with Gasteiger partial charge in [-0.3, -0.25) is 9.59 Å². The zero-order valence-corrected chi connectivity index (χ0v) is 14.2. The van der Waals surface area contributed by atoms with Crippen molar-refractivity contribution in [2.75, 3.05) is 13.1 Å². The Morgan fingerprint density at radius 2 is 1.91 bits per heavy atom. The van der Waals surface area contributed by atoms with Crippen LogP contribution in [0.5, 0.6) is 0 Å². The lowest BCUT2D eigenvalue weighted by Gasteiger charge is -2.33. The van der Waals surface area contributed by atoms with Crippen molar-refractivity contribution in [1.82, 2.24) is 10.2 Å². The molecule has 1 atom stereocenters. The monoisotopic (exact) mass is 382 g/mol. The normalized spacial score (nSPS) is 17.6. The van der Waals surface area contributed by atoms with Crippen LogP contribution in [0.1, 0.15) is 36.0 Å². The Morgan fingerprint density at radius 3 is 2.57 bits per heavy atom. The lowest BCUT2D eigenvalue weighted by atomic mass is 10.0. The van der Waals surface area contributed by atoms with E-state index in [1.807, 2.05) is 0 Å². The standard InChI is InChI=1S/C16H19BrN2O4/c17-12-6-4-11(5-7-12)15(21)18-9-8-14(20)19-10-2-1-3-13(19)16(22)23/h4-7,13H,1-3,8-10H2,(H,18,21)(H,22,23)/t13-/m1/s1. The van der Waals surface area contributed by atoms with Crippen LogP contribution in [-0.4, -0.2) is 46.9 Å². The van der Waals surface area contributed by atoms with E-state index in [0.29, 0.717) is 18.5 Å². The van der Waals surface area contributed by atoms with Crippen LogP contribution in [0.4, 0.5) is 0 Å². The van der Waals surface area contributed by atoms with E-state index in [1.54, 1.807) is 24.3 Å². The molecule has 6 nitrogen and oxygen atoms in total. The second kappa shape index (κ2) is 8.10. The van der Waals surface area contributed by atoms with Gasteiger partial charge in [-0.2, -0.15) is 0 Å². The number of carboxylic acid groups (broad SMARTS) is 1. The van der Waals surface area contributed by atoms with E-state index in [0.717, 1.165) is 17.3 Å². The Kier molecular flexibility index (Phi) is 6.15. The van der Waals surface area contributed by atoms with Gasteiger partial charge < -0.3 is 15.3 Å². The molecule has 1 fully saturated rings. The first-order chi connectivity index (χ1) is 11.0. The molecule has 0 bridgehead atoms. The zero-order chi connectivity index (χ0) is 16.8. The maximum Gasteiger partial charge on any atom is 0.326 e. The number of benzene rings is 1. The maximum atomic E-state index is 12.2. The van der Waals surface area contributed by atoms with Crippen molar-refractivity contribution in [2.45, 2.75) is 31.7 Å². The molecule has 0 radical (unpaired) electrons. The SMILES string of the molecule is O=C(NCCC(=O)N1CCCC[C@@H]1C(=O)O)c1ccc(Br)cc1. The fourth-order valence-electron chi connectivity index (χ4n) is 2.62. The molecule has 0 unspecified atom stereocenters. The summed E-state index contributed by atoms with van der Waals surface area (Å²) in [6.07, 6.45) is 2.24. The predicted octanol–water partition coefficient (Wildman–Crippen LogP) is 2.03. The fraction of sp³-hybridized carbons (Fsp3) is 0.438. The summed E-state index contributed by atoms with van der Waals surface area (Å²) < 4.78 is 0.883. The number of nitrogens with one attached hydrogen (secondary N) is 1. The van der Waals surface area contributed by atoms with Crippen molar-refractivity contribution in [3.8, 4) is 0 Å². The molecule has 1 heterocycles. The highest BCUT2D eigenvalue weighted by Gasteiger charge is 2.31. The second-order valence-corrected chi connectivity index (χ2v) is 6.37. The van der Waals surface area contributed by atoms with E-state index in [2.05, 4.69) is 21.2 Å². The van der Waals surface area contributed by atoms with Gasteiger partial charge in [0.2, 0.25) is 5.91 Å². The maximum absolute atomic E-state index is 12.2. The number of likely N-dealkylation sites (tertiary alicyclic amines) is 1. The predicted molar refractivity (Wildman–Crippen MR) is 88.1 cm³/mol. The molecule has 0 saturated carbocycles.